The van der Waals surface area contributed by atoms with E-state index in [1.54, 1.807) is 12.3 Å². The highest BCUT2D eigenvalue weighted by molar-refractivity contribution is 5.92. The van der Waals surface area contributed by atoms with Gasteiger partial charge < -0.3 is 18.7 Å². The summed E-state index contributed by atoms with van der Waals surface area (Å²) in [6.45, 7) is 1.55. The van der Waals surface area contributed by atoms with Crippen LogP contribution in [0.3, 0.4) is 0 Å². The van der Waals surface area contributed by atoms with Crippen molar-refractivity contribution >= 4 is 5.91 Å². The van der Waals surface area contributed by atoms with Gasteiger partial charge in [-0.05, 0) is 31.0 Å². The van der Waals surface area contributed by atoms with Crippen molar-refractivity contribution in [1.29, 1.82) is 0 Å². The van der Waals surface area contributed by atoms with Crippen LogP contribution in [0.4, 0.5) is 0 Å². The van der Waals surface area contributed by atoms with E-state index >= 15 is 0 Å². The van der Waals surface area contributed by atoms with Crippen LogP contribution in [0.2, 0.25) is 0 Å². The van der Waals surface area contributed by atoms with Gasteiger partial charge in [0.15, 0.2) is 5.69 Å². The molecular formula is C20H20N4O3. The van der Waals surface area contributed by atoms with Gasteiger partial charge >= 0.3 is 0 Å². The zero-order valence-electron chi connectivity index (χ0n) is 14.8. The number of pyridine rings is 1. The van der Waals surface area contributed by atoms with Crippen LogP contribution < -0.4 is 4.74 Å². The molecule has 7 heteroatoms. The number of fused-ring (bicyclic) bond motifs is 1. The maximum Gasteiger partial charge on any atom is 0.276 e. The number of rotatable bonds is 5. The Balaban J connectivity index is 1.33. The Labute approximate surface area is 156 Å². The van der Waals surface area contributed by atoms with Gasteiger partial charge in [0.05, 0.1) is 12.6 Å². The molecule has 0 aromatic carbocycles. The standard InChI is InChI=1S/C20H20N4O3/c25-20(17-10-18(27-22-17)14-6-7-14)23-11-15-4-3-9-24(15)16(12-23)13-26-19-5-1-2-8-21-19/h1-5,8-10,14,16H,6-7,11-13H2/t16-/m1/s1. The minimum atomic E-state index is -0.0964. The summed E-state index contributed by atoms with van der Waals surface area (Å²) >= 11 is 0. The molecule has 138 valence electrons. The molecule has 0 radical (unpaired) electrons. The van der Waals surface area contributed by atoms with Crippen LogP contribution in [0.25, 0.3) is 0 Å². The minimum Gasteiger partial charge on any atom is -0.475 e. The van der Waals surface area contributed by atoms with Crippen molar-refractivity contribution in [3.63, 3.8) is 0 Å². The van der Waals surface area contributed by atoms with E-state index in [0.717, 1.165) is 24.3 Å². The van der Waals surface area contributed by atoms with E-state index in [4.69, 9.17) is 9.26 Å². The van der Waals surface area contributed by atoms with Gasteiger partial charge in [0.2, 0.25) is 5.88 Å². The number of carbonyl (C=O) groups excluding carboxylic acids is 1. The van der Waals surface area contributed by atoms with Gasteiger partial charge in [0.25, 0.3) is 5.91 Å². The predicted octanol–water partition coefficient (Wildman–Crippen LogP) is 3.02. The molecule has 1 aliphatic heterocycles. The second-order valence-electron chi connectivity index (χ2n) is 7.11. The molecule has 1 fully saturated rings. The molecule has 27 heavy (non-hydrogen) atoms. The first-order valence-corrected chi connectivity index (χ1v) is 9.23. The van der Waals surface area contributed by atoms with E-state index in [2.05, 4.69) is 14.7 Å². The fourth-order valence-corrected chi connectivity index (χ4v) is 3.54. The molecular weight excluding hydrogens is 344 g/mol. The van der Waals surface area contributed by atoms with E-state index in [1.807, 2.05) is 41.4 Å². The van der Waals surface area contributed by atoms with Crippen molar-refractivity contribution in [2.45, 2.75) is 31.3 Å². The van der Waals surface area contributed by atoms with E-state index in [0.29, 0.717) is 37.2 Å². The lowest BCUT2D eigenvalue weighted by Gasteiger charge is -2.34. The lowest BCUT2D eigenvalue weighted by Crippen LogP contribution is -2.42. The number of amides is 1. The van der Waals surface area contributed by atoms with Crippen LogP contribution >= 0.6 is 0 Å². The largest absolute Gasteiger partial charge is 0.475 e. The summed E-state index contributed by atoms with van der Waals surface area (Å²) in [6.07, 6.45) is 5.97. The lowest BCUT2D eigenvalue weighted by molar-refractivity contribution is 0.0635. The number of nitrogens with zero attached hydrogens (tertiary/aromatic N) is 4. The van der Waals surface area contributed by atoms with Crippen molar-refractivity contribution in [1.82, 2.24) is 19.6 Å². The Kier molecular flexibility index (Phi) is 3.92. The molecule has 1 saturated carbocycles. The Morgan fingerprint density at radius 1 is 1.26 bits per heavy atom. The summed E-state index contributed by atoms with van der Waals surface area (Å²) < 4.78 is 13.4. The first-order valence-electron chi connectivity index (χ1n) is 9.23. The summed E-state index contributed by atoms with van der Waals surface area (Å²) in [5.41, 5.74) is 1.47. The van der Waals surface area contributed by atoms with Gasteiger partial charge in [-0.25, -0.2) is 4.98 Å². The lowest BCUT2D eigenvalue weighted by atomic mass is 10.1. The third-order valence-electron chi connectivity index (χ3n) is 5.12. The maximum absolute atomic E-state index is 12.9. The van der Waals surface area contributed by atoms with Crippen molar-refractivity contribution in [3.05, 3.63) is 65.9 Å². The molecule has 0 unspecified atom stereocenters. The van der Waals surface area contributed by atoms with Crippen molar-refractivity contribution in [3.8, 4) is 5.88 Å². The number of carbonyl (C=O) groups is 1. The molecule has 7 nitrogen and oxygen atoms in total. The van der Waals surface area contributed by atoms with E-state index in [-0.39, 0.29) is 11.9 Å². The molecule has 3 aromatic rings. The van der Waals surface area contributed by atoms with Crippen LogP contribution in [0.15, 0.2) is 53.3 Å². The first kappa shape index (κ1) is 16.1. The highest BCUT2D eigenvalue weighted by Crippen LogP contribution is 2.40. The van der Waals surface area contributed by atoms with Crippen molar-refractivity contribution < 1.29 is 14.1 Å². The van der Waals surface area contributed by atoms with E-state index < -0.39 is 0 Å². The van der Waals surface area contributed by atoms with Gasteiger partial charge in [-0.3, -0.25) is 4.79 Å². The van der Waals surface area contributed by atoms with Crippen molar-refractivity contribution in [2.75, 3.05) is 13.2 Å². The van der Waals surface area contributed by atoms with Crippen LogP contribution in [0.1, 0.15) is 46.7 Å². The number of aromatic nitrogens is 3. The first-order chi connectivity index (χ1) is 13.3. The Hall–Kier alpha value is -3.09. The van der Waals surface area contributed by atoms with E-state index in [1.165, 1.54) is 0 Å². The van der Waals surface area contributed by atoms with Gasteiger partial charge in [-0.15, -0.1) is 0 Å². The maximum atomic E-state index is 12.9. The quantitative estimate of drug-likeness (QED) is 0.696. The molecule has 1 amide bonds. The van der Waals surface area contributed by atoms with E-state index in [9.17, 15) is 4.79 Å². The van der Waals surface area contributed by atoms with Gasteiger partial charge in [0.1, 0.15) is 12.4 Å². The number of hydrogen-bond donors (Lipinski definition) is 0. The van der Waals surface area contributed by atoms with Crippen LogP contribution in [0, 0.1) is 0 Å². The highest BCUT2D eigenvalue weighted by atomic mass is 16.5. The molecule has 0 bridgehead atoms. The smallest absolute Gasteiger partial charge is 0.276 e. The Morgan fingerprint density at radius 3 is 3.00 bits per heavy atom. The zero-order chi connectivity index (χ0) is 18.2. The molecule has 3 aromatic heterocycles. The molecule has 0 saturated heterocycles. The second-order valence-corrected chi connectivity index (χ2v) is 7.11. The van der Waals surface area contributed by atoms with Crippen molar-refractivity contribution in [2.24, 2.45) is 0 Å². The van der Waals surface area contributed by atoms with Crippen LogP contribution in [-0.2, 0) is 6.54 Å². The molecule has 2 aliphatic rings. The van der Waals surface area contributed by atoms with Gasteiger partial charge in [0, 0.05) is 42.7 Å². The average molecular weight is 364 g/mol. The molecule has 1 aliphatic carbocycles. The molecule has 1 atom stereocenters. The zero-order valence-corrected chi connectivity index (χ0v) is 14.8. The topological polar surface area (TPSA) is 73.4 Å². The number of ether oxygens (including phenoxy) is 1. The molecule has 4 heterocycles. The summed E-state index contributed by atoms with van der Waals surface area (Å²) in [4.78, 5) is 19.0. The van der Waals surface area contributed by atoms with Crippen LogP contribution in [0.5, 0.6) is 5.88 Å². The third-order valence-corrected chi connectivity index (χ3v) is 5.12. The highest BCUT2D eigenvalue weighted by Gasteiger charge is 2.32. The normalized spacial score (nSPS) is 19.0. The fraction of sp³-hybridized carbons (Fsp3) is 0.350. The Bertz CT molecular complexity index is 945. The molecule has 0 spiro atoms. The van der Waals surface area contributed by atoms with Gasteiger partial charge in [-0.1, -0.05) is 11.2 Å². The summed E-state index contributed by atoms with van der Waals surface area (Å²) in [7, 11) is 0. The summed E-state index contributed by atoms with van der Waals surface area (Å²) in [6, 6.07) is 11.4. The Morgan fingerprint density at radius 2 is 2.19 bits per heavy atom. The molecule has 0 N–H and O–H groups in total. The second kappa shape index (κ2) is 6.57. The summed E-state index contributed by atoms with van der Waals surface area (Å²) in [5.74, 6) is 1.76. The van der Waals surface area contributed by atoms with Gasteiger partial charge in [-0.2, -0.15) is 0 Å². The predicted molar refractivity (Wildman–Crippen MR) is 96.4 cm³/mol. The monoisotopic (exact) mass is 364 g/mol. The number of hydrogen-bond acceptors (Lipinski definition) is 5. The average Bonchev–Trinajstić information content (AvgIpc) is 3.24. The van der Waals surface area contributed by atoms with Crippen LogP contribution in [-0.4, -0.2) is 38.7 Å². The molecule has 5 rings (SSSR count). The third kappa shape index (κ3) is 3.20. The SMILES string of the molecule is O=C(c1cc(C2CC2)on1)N1Cc2cccn2[C@@H](COc2ccccn2)C1. The summed E-state index contributed by atoms with van der Waals surface area (Å²) in [5, 5.41) is 4.00. The minimum absolute atomic E-state index is 0.0181. The fourth-order valence-electron chi connectivity index (χ4n) is 3.54.